The van der Waals surface area contributed by atoms with Crippen LogP contribution in [0.25, 0.3) is 10.8 Å². The van der Waals surface area contributed by atoms with Crippen molar-refractivity contribution in [1.29, 1.82) is 0 Å². The molecule has 0 aliphatic rings. The summed E-state index contributed by atoms with van der Waals surface area (Å²) in [5, 5.41) is 18.9. The Morgan fingerprint density at radius 1 is 0.708 bits per heavy atom. The number of ketones is 1. The van der Waals surface area contributed by atoms with Gasteiger partial charge in [0.05, 0.1) is 11.3 Å². The first-order chi connectivity index (χ1) is 22.0. The van der Waals surface area contributed by atoms with Crippen molar-refractivity contribution in [3.05, 3.63) is 77.9 Å². The van der Waals surface area contributed by atoms with Crippen LogP contribution in [-0.2, 0) is 14.4 Å². The summed E-state index contributed by atoms with van der Waals surface area (Å²) in [6.45, 7) is 0.256. The predicted molar refractivity (Wildman–Crippen MR) is 188 cm³/mol. The molecule has 0 aromatic heterocycles. The maximum atomic E-state index is 13.3. The molecular formula is C31H39Cl2N9O6. The van der Waals surface area contributed by atoms with Crippen molar-refractivity contribution in [2.75, 3.05) is 18.4 Å². The number of nitrogens with one attached hydrogen (secondary N) is 3. The van der Waals surface area contributed by atoms with Crippen molar-refractivity contribution < 1.29 is 29.1 Å². The van der Waals surface area contributed by atoms with Gasteiger partial charge in [-0.3, -0.25) is 29.2 Å². The molecule has 0 unspecified atom stereocenters. The molecule has 12 N–H and O–H groups in total. The molecule has 17 heteroatoms. The Kier molecular flexibility index (Phi) is 16.9. The molecule has 15 nitrogen and oxygen atoms in total. The summed E-state index contributed by atoms with van der Waals surface area (Å²) in [4.78, 5) is 72.2. The number of aliphatic imine (C=N–C) groups is 2. The van der Waals surface area contributed by atoms with Gasteiger partial charge in [-0.15, -0.1) is 24.8 Å². The lowest BCUT2D eigenvalue weighted by molar-refractivity contribution is -0.142. The van der Waals surface area contributed by atoms with E-state index in [1.807, 2.05) is 24.3 Å². The van der Waals surface area contributed by atoms with Crippen LogP contribution in [0.5, 0.6) is 0 Å². The zero-order chi connectivity index (χ0) is 33.6. The first kappa shape index (κ1) is 40.6. The van der Waals surface area contributed by atoms with Gasteiger partial charge in [0.1, 0.15) is 12.1 Å². The number of aliphatic carboxylic acids is 1. The van der Waals surface area contributed by atoms with Crippen LogP contribution in [0.3, 0.4) is 0 Å². The monoisotopic (exact) mass is 703 g/mol. The highest BCUT2D eigenvalue weighted by Gasteiger charge is 2.29. The van der Waals surface area contributed by atoms with Gasteiger partial charge in [0, 0.05) is 18.7 Å². The molecule has 0 aliphatic heterocycles. The molecule has 0 aliphatic carbocycles. The normalized spacial score (nSPS) is 11.3. The number of carbonyl (C=O) groups excluding carboxylic acids is 4. The number of halogens is 2. The molecule has 0 radical (unpaired) electrons. The summed E-state index contributed by atoms with van der Waals surface area (Å²) < 4.78 is 0. The van der Waals surface area contributed by atoms with E-state index in [1.165, 1.54) is 18.2 Å². The van der Waals surface area contributed by atoms with Crippen LogP contribution < -0.4 is 38.9 Å². The van der Waals surface area contributed by atoms with Crippen LogP contribution in [-0.4, -0.2) is 71.7 Å². The highest BCUT2D eigenvalue weighted by molar-refractivity contribution is 6.44. The number of para-hydroxylation sites is 1. The average molecular weight is 705 g/mol. The Bertz CT molecular complexity index is 1660. The van der Waals surface area contributed by atoms with Gasteiger partial charge in [-0.2, -0.15) is 0 Å². The highest BCUT2D eigenvalue weighted by atomic mass is 35.5. The highest BCUT2D eigenvalue weighted by Crippen LogP contribution is 2.20. The second kappa shape index (κ2) is 20.0. The molecule has 0 saturated heterocycles. The van der Waals surface area contributed by atoms with Crippen molar-refractivity contribution in [3.63, 3.8) is 0 Å². The molecule has 0 bridgehead atoms. The van der Waals surface area contributed by atoms with Gasteiger partial charge in [-0.05, 0) is 60.7 Å². The first-order valence-electron chi connectivity index (χ1n) is 14.3. The number of amides is 3. The summed E-state index contributed by atoms with van der Waals surface area (Å²) in [7, 11) is 0. The maximum Gasteiger partial charge on any atom is 0.326 e. The van der Waals surface area contributed by atoms with E-state index in [-0.39, 0.29) is 86.8 Å². The zero-order valence-electron chi connectivity index (χ0n) is 25.8. The van der Waals surface area contributed by atoms with Crippen LogP contribution in [0.4, 0.5) is 5.69 Å². The van der Waals surface area contributed by atoms with E-state index in [4.69, 9.17) is 22.9 Å². The quantitative estimate of drug-likeness (QED) is 0.0348. The number of hydrogen-bond donors (Lipinski definition) is 8. The van der Waals surface area contributed by atoms with Gasteiger partial charge in [0.15, 0.2) is 11.9 Å². The lowest BCUT2D eigenvalue weighted by atomic mass is 10.0. The topological polar surface area (TPSA) is 270 Å². The molecule has 3 rings (SSSR count). The molecule has 3 aromatic rings. The first-order valence-corrected chi connectivity index (χ1v) is 14.3. The van der Waals surface area contributed by atoms with E-state index < -0.39 is 41.6 Å². The number of carboxylic acids is 1. The lowest BCUT2D eigenvalue weighted by Crippen LogP contribution is -2.52. The van der Waals surface area contributed by atoms with E-state index in [1.54, 1.807) is 24.3 Å². The fraction of sp³-hybridized carbons (Fsp3) is 0.258. The third-order valence-electron chi connectivity index (χ3n) is 6.76. The SMILES string of the molecule is Cl.Cl.NC(N)=NCCC[C@H](NC(=O)[C@H](CCCN=C(N)N)NC(=O)C(=O)c1ccccc1NC(=O)c1ccc2ccccc2c1)C(=O)O. The number of nitrogens with zero attached hydrogens (tertiary/aromatic N) is 2. The minimum absolute atomic E-state index is 0. The number of anilines is 1. The summed E-state index contributed by atoms with van der Waals surface area (Å²) in [6, 6.07) is 16.0. The van der Waals surface area contributed by atoms with E-state index in [0.717, 1.165) is 10.8 Å². The van der Waals surface area contributed by atoms with E-state index in [0.29, 0.717) is 5.56 Å². The smallest absolute Gasteiger partial charge is 0.326 e. The molecular weight excluding hydrogens is 665 g/mol. The number of rotatable bonds is 16. The molecule has 3 aromatic carbocycles. The van der Waals surface area contributed by atoms with Crippen molar-refractivity contribution >= 4 is 82.7 Å². The Labute approximate surface area is 288 Å². The van der Waals surface area contributed by atoms with Crippen LogP contribution in [0.1, 0.15) is 46.4 Å². The van der Waals surface area contributed by atoms with Crippen molar-refractivity contribution in [1.82, 2.24) is 10.6 Å². The minimum atomic E-state index is -1.32. The predicted octanol–water partition coefficient (Wildman–Crippen LogP) is 1.28. The van der Waals surface area contributed by atoms with Crippen molar-refractivity contribution in [3.8, 4) is 0 Å². The summed E-state index contributed by atoms with van der Waals surface area (Å²) in [6.07, 6.45) is 0.431. The second-order valence-corrected chi connectivity index (χ2v) is 10.2. The van der Waals surface area contributed by atoms with E-state index in [2.05, 4.69) is 25.9 Å². The number of nitrogens with two attached hydrogens (primary N) is 4. The van der Waals surface area contributed by atoms with Gasteiger partial charge in [0.25, 0.3) is 17.6 Å². The van der Waals surface area contributed by atoms with Crippen molar-refractivity contribution in [2.45, 2.75) is 37.8 Å². The number of benzene rings is 3. The Morgan fingerprint density at radius 3 is 1.88 bits per heavy atom. The summed E-state index contributed by atoms with van der Waals surface area (Å²) in [5.41, 5.74) is 21.6. The third kappa shape index (κ3) is 12.4. The average Bonchev–Trinajstić information content (AvgIpc) is 3.03. The Morgan fingerprint density at radius 2 is 1.27 bits per heavy atom. The zero-order valence-corrected chi connectivity index (χ0v) is 27.4. The third-order valence-corrected chi connectivity index (χ3v) is 6.76. The molecule has 3 amide bonds. The number of carboxylic acid groups (broad SMARTS) is 1. The molecule has 48 heavy (non-hydrogen) atoms. The minimum Gasteiger partial charge on any atom is -0.480 e. The maximum absolute atomic E-state index is 13.3. The largest absolute Gasteiger partial charge is 0.480 e. The number of fused-ring (bicyclic) bond motifs is 1. The molecule has 0 saturated carbocycles. The number of carbonyl (C=O) groups is 5. The second-order valence-electron chi connectivity index (χ2n) is 10.2. The summed E-state index contributed by atoms with van der Waals surface area (Å²) >= 11 is 0. The lowest BCUT2D eigenvalue weighted by Gasteiger charge is -2.21. The molecule has 2 atom stereocenters. The fourth-order valence-electron chi connectivity index (χ4n) is 4.47. The van der Waals surface area contributed by atoms with Gasteiger partial charge in [0.2, 0.25) is 5.91 Å². The van der Waals surface area contributed by atoms with Crippen LogP contribution >= 0.6 is 24.8 Å². The number of guanidine groups is 2. The van der Waals surface area contributed by atoms with E-state index >= 15 is 0 Å². The van der Waals surface area contributed by atoms with Crippen LogP contribution in [0.15, 0.2) is 76.7 Å². The van der Waals surface area contributed by atoms with Crippen LogP contribution in [0.2, 0.25) is 0 Å². The van der Waals surface area contributed by atoms with Gasteiger partial charge < -0.3 is 44.0 Å². The molecule has 0 heterocycles. The van der Waals surface area contributed by atoms with Gasteiger partial charge in [-0.1, -0.05) is 42.5 Å². The number of Topliss-reactive ketones (excluding diaryl/α,β-unsaturated/α-hetero) is 1. The van der Waals surface area contributed by atoms with E-state index in [9.17, 15) is 29.1 Å². The van der Waals surface area contributed by atoms with Gasteiger partial charge >= 0.3 is 5.97 Å². The molecule has 0 spiro atoms. The molecule has 258 valence electrons. The Balaban J connectivity index is 0.00000576. The standard InChI is InChI=1S/C31H37N9O6.2ClH/c32-30(33)36-15-5-11-23(27(43)40-24(29(45)46)12-6-16-37-31(34)35)39-28(44)25(41)21-9-3-4-10-22(21)38-26(42)20-14-13-18-7-1-2-8-19(18)17-20;;/h1-4,7-10,13-14,17,23-24H,5-6,11-12,15-16H2,(H,38,42)(H,39,44)(H,40,43)(H,45,46)(H4,32,33,36)(H4,34,35,37);2*1H/t23-,24-;;/m0../s1. The van der Waals surface area contributed by atoms with Crippen LogP contribution in [0, 0.1) is 0 Å². The van der Waals surface area contributed by atoms with Gasteiger partial charge in [-0.25, -0.2) is 4.79 Å². The number of hydrogen-bond acceptors (Lipinski definition) is 7. The summed E-state index contributed by atoms with van der Waals surface area (Å²) in [5.74, 6) is -5.14. The van der Waals surface area contributed by atoms with Crippen molar-refractivity contribution in [2.24, 2.45) is 32.9 Å². The fourth-order valence-corrected chi connectivity index (χ4v) is 4.47. The Hall–Kier alpha value is -5.41. The molecule has 0 fully saturated rings.